The van der Waals surface area contributed by atoms with Crippen molar-refractivity contribution in [3.05, 3.63) is 141 Å². The van der Waals surface area contributed by atoms with Crippen molar-refractivity contribution in [2.45, 2.75) is 130 Å². The lowest BCUT2D eigenvalue weighted by molar-refractivity contribution is -0.139. The summed E-state index contributed by atoms with van der Waals surface area (Å²) in [5.41, 5.74) is 11.5. The van der Waals surface area contributed by atoms with Crippen molar-refractivity contribution in [3.8, 4) is 23.0 Å². The molecule has 62 heavy (non-hydrogen) atoms. The molecule has 4 aromatic rings. The number of carbonyl (C=O) groups is 2. The third kappa shape index (κ3) is 13.3. The van der Waals surface area contributed by atoms with Gasteiger partial charge >= 0.3 is 11.9 Å². The second kappa shape index (κ2) is 24.2. The molecule has 0 aliphatic heterocycles. The fourth-order valence-electron chi connectivity index (χ4n) is 8.36. The van der Waals surface area contributed by atoms with Crippen LogP contribution in [0, 0.1) is 0 Å². The van der Waals surface area contributed by atoms with Crippen LogP contribution in [0.15, 0.2) is 73.8 Å². The van der Waals surface area contributed by atoms with Crippen LogP contribution in [-0.4, -0.2) is 48.6 Å². The summed E-state index contributed by atoms with van der Waals surface area (Å²) in [5.74, 6) is 0.785. The summed E-state index contributed by atoms with van der Waals surface area (Å²) in [6.07, 6.45) is 15.6. The van der Waals surface area contributed by atoms with Gasteiger partial charge in [-0.3, -0.25) is 0 Å². The van der Waals surface area contributed by atoms with Gasteiger partial charge in [-0.15, -0.1) is 0 Å². The number of rotatable bonds is 22. The summed E-state index contributed by atoms with van der Waals surface area (Å²) in [6, 6.07) is 17.3. The van der Waals surface area contributed by atoms with Crippen molar-refractivity contribution in [1.82, 2.24) is 0 Å². The topological polar surface area (TPSA) is 112 Å². The number of fused-ring (bicyclic) bond motifs is 8. The molecular weight excluding hydrogens is 777 g/mol. The molecule has 0 unspecified atom stereocenters. The highest BCUT2D eigenvalue weighted by molar-refractivity contribution is 5.81. The number of aromatic hydroxyl groups is 2. The molecule has 0 fully saturated rings. The maximum absolute atomic E-state index is 12.4. The molecular formula is C54H68O8. The van der Waals surface area contributed by atoms with E-state index in [1.165, 1.54) is 11.1 Å². The van der Waals surface area contributed by atoms with Crippen LogP contribution in [-0.2, 0) is 70.4 Å². The quantitative estimate of drug-likeness (QED) is 0.0402. The zero-order valence-corrected chi connectivity index (χ0v) is 37.7. The van der Waals surface area contributed by atoms with Gasteiger partial charge in [0.05, 0.1) is 0 Å². The Morgan fingerprint density at radius 1 is 0.468 bits per heavy atom. The minimum Gasteiger partial charge on any atom is -0.507 e. The highest BCUT2D eigenvalue weighted by Crippen LogP contribution is 2.40. The minimum atomic E-state index is -0.514. The molecule has 0 aromatic heterocycles. The molecule has 8 bridgehead atoms. The van der Waals surface area contributed by atoms with Gasteiger partial charge in [0.25, 0.3) is 0 Å². The van der Waals surface area contributed by atoms with Gasteiger partial charge in [0.1, 0.15) is 49.4 Å². The Labute approximate surface area is 370 Å². The van der Waals surface area contributed by atoms with Gasteiger partial charge in [-0.05, 0) is 118 Å². The number of phenols is 2. The van der Waals surface area contributed by atoms with E-state index in [-0.39, 0.29) is 37.9 Å². The third-order valence-corrected chi connectivity index (χ3v) is 11.5. The van der Waals surface area contributed by atoms with Gasteiger partial charge in [0.2, 0.25) is 0 Å². The summed E-state index contributed by atoms with van der Waals surface area (Å²) in [4.78, 5) is 24.0. The van der Waals surface area contributed by atoms with Crippen molar-refractivity contribution in [3.63, 3.8) is 0 Å². The normalized spacial score (nSPS) is 12.1. The number of carbonyl (C=O) groups excluding carboxylic acids is 2. The first-order valence-electron chi connectivity index (χ1n) is 22.9. The van der Waals surface area contributed by atoms with E-state index in [0.717, 1.165) is 145 Å². The molecule has 0 heterocycles. The molecule has 0 radical (unpaired) electrons. The van der Waals surface area contributed by atoms with E-state index in [0.29, 0.717) is 37.2 Å². The van der Waals surface area contributed by atoms with Crippen LogP contribution >= 0.6 is 0 Å². The summed E-state index contributed by atoms with van der Waals surface area (Å²) < 4.78 is 23.9. The van der Waals surface area contributed by atoms with Crippen molar-refractivity contribution in [2.75, 3.05) is 26.4 Å². The number of benzene rings is 4. The van der Waals surface area contributed by atoms with Crippen LogP contribution in [0.5, 0.6) is 23.0 Å². The Morgan fingerprint density at radius 2 is 0.726 bits per heavy atom. The van der Waals surface area contributed by atoms with E-state index >= 15 is 0 Å². The Kier molecular flexibility index (Phi) is 18.6. The molecule has 332 valence electrons. The lowest BCUT2D eigenvalue weighted by atomic mass is 9.87. The fourth-order valence-corrected chi connectivity index (χ4v) is 8.36. The van der Waals surface area contributed by atoms with Gasteiger partial charge in [0.15, 0.2) is 0 Å². The number of ether oxygens (including phenoxy) is 4. The lowest BCUT2D eigenvalue weighted by Crippen LogP contribution is -2.14. The van der Waals surface area contributed by atoms with E-state index in [9.17, 15) is 19.8 Å². The van der Waals surface area contributed by atoms with Crippen LogP contribution in [0.4, 0.5) is 0 Å². The van der Waals surface area contributed by atoms with Gasteiger partial charge in [-0.1, -0.05) is 115 Å². The van der Waals surface area contributed by atoms with Gasteiger partial charge in [-0.25, -0.2) is 9.59 Å². The highest BCUT2D eigenvalue weighted by atomic mass is 16.6. The zero-order chi connectivity index (χ0) is 44.4. The number of hydrogen-bond acceptors (Lipinski definition) is 8. The van der Waals surface area contributed by atoms with Crippen molar-refractivity contribution >= 4 is 11.9 Å². The maximum atomic E-state index is 12.4. The number of aryl methyl sites for hydroxylation is 4. The number of phenolic OH excluding ortho intramolecular Hbond substituents is 2. The number of unbranched alkanes of at least 4 members (excludes halogenated alkanes) is 4. The van der Waals surface area contributed by atoms with E-state index in [2.05, 4.69) is 89.4 Å². The van der Waals surface area contributed by atoms with Gasteiger partial charge in [-0.2, -0.15) is 0 Å². The Morgan fingerprint density at radius 3 is 0.968 bits per heavy atom. The number of esters is 2. The largest absolute Gasteiger partial charge is 0.507 e. The van der Waals surface area contributed by atoms with Crippen LogP contribution in [0.3, 0.4) is 0 Å². The number of hydrogen-bond donors (Lipinski definition) is 2. The molecule has 0 spiro atoms. The zero-order valence-electron chi connectivity index (χ0n) is 37.7. The smallest absolute Gasteiger partial charge is 0.330 e. The third-order valence-electron chi connectivity index (χ3n) is 11.5. The average Bonchev–Trinajstić information content (AvgIpc) is 3.27. The van der Waals surface area contributed by atoms with Crippen molar-refractivity contribution < 1.29 is 38.7 Å². The monoisotopic (exact) mass is 844 g/mol. The fraction of sp³-hybridized carbons (Fsp3) is 0.444. The van der Waals surface area contributed by atoms with Crippen molar-refractivity contribution in [1.29, 1.82) is 0 Å². The van der Waals surface area contributed by atoms with Crippen molar-refractivity contribution in [2.24, 2.45) is 0 Å². The molecule has 2 N–H and O–H groups in total. The van der Waals surface area contributed by atoms with Crippen LogP contribution in [0.1, 0.15) is 146 Å². The molecule has 1 aliphatic carbocycles. The first kappa shape index (κ1) is 47.5. The molecule has 0 saturated heterocycles. The Balaban J connectivity index is 1.80. The molecule has 8 nitrogen and oxygen atoms in total. The summed E-state index contributed by atoms with van der Waals surface area (Å²) in [5, 5.41) is 24.7. The highest BCUT2D eigenvalue weighted by Gasteiger charge is 2.23. The molecule has 8 heteroatoms. The molecule has 4 aromatic carbocycles. The van der Waals surface area contributed by atoms with E-state index in [4.69, 9.17) is 18.9 Å². The van der Waals surface area contributed by atoms with Crippen LogP contribution in [0.2, 0.25) is 0 Å². The standard InChI is InChI=1S/C54H68O8/c1-7-13-17-37-25-41-33-45-29-39(19-15-9-3)31-47(53(45)61-23-21-59-49(55)11-5)35-43-27-38(18-14-8-2)28-44(52(43)58)36-48-32-40(20-16-10-4)30-46(34-42(26-37)51(41)57)54(48)62-24-22-60-50(56)12-6/h11-12,25-32,57-58H,5-10,13-24,33-36H2,1-4H3. The van der Waals surface area contributed by atoms with E-state index < -0.39 is 11.9 Å². The average molecular weight is 845 g/mol. The Bertz CT molecular complexity index is 1910. The first-order chi connectivity index (χ1) is 30.1. The molecule has 0 atom stereocenters. The van der Waals surface area contributed by atoms with Crippen LogP contribution in [0.25, 0.3) is 0 Å². The summed E-state index contributed by atoms with van der Waals surface area (Å²) in [6.45, 7) is 16.1. The lowest BCUT2D eigenvalue weighted by Gasteiger charge is -2.23. The maximum Gasteiger partial charge on any atom is 0.330 e. The first-order valence-corrected chi connectivity index (χ1v) is 22.9. The predicted molar refractivity (Wildman–Crippen MR) is 248 cm³/mol. The molecule has 1 aliphatic rings. The Hall–Kier alpha value is -5.50. The van der Waals surface area contributed by atoms with E-state index in [1.807, 2.05) is 0 Å². The molecule has 0 amide bonds. The van der Waals surface area contributed by atoms with E-state index in [1.54, 1.807) is 0 Å². The summed E-state index contributed by atoms with van der Waals surface area (Å²) in [7, 11) is 0. The van der Waals surface area contributed by atoms with Gasteiger partial charge < -0.3 is 29.2 Å². The predicted octanol–water partition coefficient (Wildman–Crippen LogP) is 11.4. The molecule has 0 saturated carbocycles. The SMILES string of the molecule is C=CC(=O)OCCOc1c2cc(CCCC)cc1Cc1cc(CCCC)cc(c1O)Cc1cc(CCCC)cc(c1OCCOC(=O)C=C)Cc1cc(CCCC)cc(c1O)C2. The summed E-state index contributed by atoms with van der Waals surface area (Å²) >= 11 is 0. The second-order valence-corrected chi connectivity index (χ2v) is 16.6. The minimum absolute atomic E-state index is 0.0458. The van der Waals surface area contributed by atoms with Gasteiger partial charge in [0, 0.05) is 37.8 Å². The second-order valence-electron chi connectivity index (χ2n) is 16.6. The van der Waals surface area contributed by atoms with Crippen LogP contribution < -0.4 is 9.47 Å². The molecule has 5 rings (SSSR count).